The van der Waals surface area contributed by atoms with E-state index in [-0.39, 0.29) is 11.7 Å². The third-order valence-corrected chi connectivity index (χ3v) is 4.88. The van der Waals surface area contributed by atoms with Crippen molar-refractivity contribution in [3.05, 3.63) is 29.3 Å². The Morgan fingerprint density at radius 3 is 2.90 bits per heavy atom. The Morgan fingerprint density at radius 2 is 2.19 bits per heavy atom. The van der Waals surface area contributed by atoms with Crippen molar-refractivity contribution in [1.29, 1.82) is 0 Å². The molecule has 3 rings (SSSR count). The lowest BCUT2D eigenvalue weighted by atomic mass is 9.90. The first-order valence-corrected chi connectivity index (χ1v) is 7.98. The van der Waals surface area contributed by atoms with Crippen molar-refractivity contribution in [2.45, 2.75) is 38.6 Å². The van der Waals surface area contributed by atoms with Crippen LogP contribution in [0.1, 0.15) is 41.6 Å². The Bertz CT molecular complexity index is 524. The molecule has 2 aliphatic rings. The summed E-state index contributed by atoms with van der Waals surface area (Å²) in [5, 5.41) is 13.0. The summed E-state index contributed by atoms with van der Waals surface area (Å²) in [6, 6.07) is 5.40. The molecule has 2 atom stereocenters. The number of piperidine rings is 1. The van der Waals surface area contributed by atoms with E-state index in [4.69, 9.17) is 0 Å². The molecular formula is C17H24N2O2. The Kier molecular flexibility index (Phi) is 4.15. The molecule has 2 saturated heterocycles. The summed E-state index contributed by atoms with van der Waals surface area (Å²) >= 11 is 0. The number of aryl methyl sites for hydroxylation is 1. The highest BCUT2D eigenvalue weighted by atomic mass is 16.3. The maximum absolute atomic E-state index is 12.9. The fourth-order valence-corrected chi connectivity index (χ4v) is 3.78. The maximum atomic E-state index is 12.9. The van der Waals surface area contributed by atoms with E-state index in [1.807, 2.05) is 6.92 Å². The van der Waals surface area contributed by atoms with E-state index < -0.39 is 0 Å². The number of phenolic OH excluding ortho intramolecular Hbond substituents is 1. The molecule has 2 N–H and O–H groups in total. The van der Waals surface area contributed by atoms with Crippen LogP contribution in [-0.2, 0) is 0 Å². The Morgan fingerprint density at radius 1 is 1.33 bits per heavy atom. The second-order valence-corrected chi connectivity index (χ2v) is 6.31. The van der Waals surface area contributed by atoms with Gasteiger partial charge in [-0.3, -0.25) is 4.79 Å². The van der Waals surface area contributed by atoms with Gasteiger partial charge in [-0.15, -0.1) is 0 Å². The number of rotatable bonds is 2. The lowest BCUT2D eigenvalue weighted by Crippen LogP contribution is -2.45. The lowest BCUT2D eigenvalue weighted by Gasteiger charge is -2.34. The first-order chi connectivity index (χ1) is 10.2. The summed E-state index contributed by atoms with van der Waals surface area (Å²) in [7, 11) is 0. The van der Waals surface area contributed by atoms with Crippen LogP contribution in [-0.4, -0.2) is 41.6 Å². The van der Waals surface area contributed by atoms with Crippen molar-refractivity contribution < 1.29 is 9.90 Å². The molecule has 0 aliphatic carbocycles. The van der Waals surface area contributed by atoms with Crippen LogP contribution in [0.5, 0.6) is 5.75 Å². The molecule has 2 aliphatic heterocycles. The van der Waals surface area contributed by atoms with Crippen LogP contribution in [0.15, 0.2) is 18.2 Å². The zero-order valence-electron chi connectivity index (χ0n) is 12.6. The summed E-state index contributed by atoms with van der Waals surface area (Å²) in [6.07, 6.45) is 4.65. The summed E-state index contributed by atoms with van der Waals surface area (Å²) in [6.45, 7) is 4.89. The van der Waals surface area contributed by atoms with E-state index in [9.17, 15) is 9.90 Å². The highest BCUT2D eigenvalue weighted by Gasteiger charge is 2.35. The third-order valence-electron chi connectivity index (χ3n) is 4.88. The van der Waals surface area contributed by atoms with Gasteiger partial charge in [0, 0.05) is 18.2 Å². The van der Waals surface area contributed by atoms with E-state index in [0.717, 1.165) is 43.6 Å². The monoisotopic (exact) mass is 288 g/mol. The zero-order chi connectivity index (χ0) is 14.8. The van der Waals surface area contributed by atoms with E-state index >= 15 is 0 Å². The molecule has 0 radical (unpaired) electrons. The summed E-state index contributed by atoms with van der Waals surface area (Å²) < 4.78 is 0. The number of nitrogens with zero attached hydrogens (tertiary/aromatic N) is 1. The molecule has 4 nitrogen and oxygen atoms in total. The van der Waals surface area contributed by atoms with Gasteiger partial charge in [0.25, 0.3) is 5.91 Å². The molecule has 4 heteroatoms. The lowest BCUT2D eigenvalue weighted by molar-refractivity contribution is 0.0670. The van der Waals surface area contributed by atoms with Crippen molar-refractivity contribution in [1.82, 2.24) is 10.2 Å². The Balaban J connectivity index is 1.79. The highest BCUT2D eigenvalue weighted by molar-refractivity contribution is 5.96. The van der Waals surface area contributed by atoms with Gasteiger partial charge in [-0.25, -0.2) is 0 Å². The minimum atomic E-state index is 0.126. The predicted octanol–water partition coefficient (Wildman–Crippen LogP) is 2.30. The van der Waals surface area contributed by atoms with Crippen molar-refractivity contribution in [3.8, 4) is 5.75 Å². The second-order valence-electron chi connectivity index (χ2n) is 6.31. The molecule has 0 bridgehead atoms. The van der Waals surface area contributed by atoms with Gasteiger partial charge in [0.2, 0.25) is 0 Å². The fraction of sp³-hybridized carbons (Fsp3) is 0.588. The van der Waals surface area contributed by atoms with Crippen LogP contribution in [0.4, 0.5) is 0 Å². The molecule has 1 aromatic carbocycles. The van der Waals surface area contributed by atoms with E-state index in [1.54, 1.807) is 18.2 Å². The van der Waals surface area contributed by atoms with Crippen LogP contribution in [0.3, 0.4) is 0 Å². The molecule has 1 amide bonds. The number of likely N-dealkylation sites (tertiary alicyclic amines) is 1. The number of hydrogen-bond donors (Lipinski definition) is 2. The normalized spacial score (nSPS) is 26.0. The average Bonchev–Trinajstić information content (AvgIpc) is 2.97. The molecule has 1 aromatic rings. The molecule has 2 fully saturated rings. The Labute approximate surface area is 126 Å². The fourth-order valence-electron chi connectivity index (χ4n) is 3.78. The minimum absolute atomic E-state index is 0.126. The first kappa shape index (κ1) is 14.4. The molecule has 2 unspecified atom stereocenters. The number of amides is 1. The van der Waals surface area contributed by atoms with Gasteiger partial charge in [0.05, 0.1) is 0 Å². The molecule has 21 heavy (non-hydrogen) atoms. The number of carbonyl (C=O) groups is 1. The van der Waals surface area contributed by atoms with Gasteiger partial charge in [-0.05, 0) is 75.4 Å². The van der Waals surface area contributed by atoms with E-state index in [1.165, 1.54) is 12.8 Å². The largest absolute Gasteiger partial charge is 0.508 e. The number of carbonyl (C=O) groups excluding carboxylic acids is 1. The maximum Gasteiger partial charge on any atom is 0.254 e. The Hall–Kier alpha value is -1.55. The minimum Gasteiger partial charge on any atom is -0.508 e. The number of benzene rings is 1. The number of phenols is 1. The number of hydrogen-bond acceptors (Lipinski definition) is 3. The molecule has 2 heterocycles. The first-order valence-electron chi connectivity index (χ1n) is 7.98. The van der Waals surface area contributed by atoms with Crippen LogP contribution in [0, 0.1) is 12.8 Å². The van der Waals surface area contributed by atoms with Gasteiger partial charge in [-0.2, -0.15) is 0 Å². The molecule has 114 valence electrons. The third kappa shape index (κ3) is 2.91. The molecule has 0 aromatic heterocycles. The average molecular weight is 288 g/mol. The van der Waals surface area contributed by atoms with Crippen LogP contribution >= 0.6 is 0 Å². The quantitative estimate of drug-likeness (QED) is 0.878. The molecular weight excluding hydrogens is 264 g/mol. The van der Waals surface area contributed by atoms with Gasteiger partial charge in [0.15, 0.2) is 0 Å². The SMILES string of the molecule is Cc1cc(O)ccc1C(=O)N1CCCC1C1CCCNC1. The van der Waals surface area contributed by atoms with Crippen LogP contribution in [0.2, 0.25) is 0 Å². The number of aromatic hydroxyl groups is 1. The summed E-state index contributed by atoms with van der Waals surface area (Å²) in [4.78, 5) is 14.9. The van der Waals surface area contributed by atoms with Crippen molar-refractivity contribution in [2.24, 2.45) is 5.92 Å². The zero-order valence-corrected chi connectivity index (χ0v) is 12.6. The van der Waals surface area contributed by atoms with Gasteiger partial charge < -0.3 is 15.3 Å². The molecule has 0 spiro atoms. The van der Waals surface area contributed by atoms with Crippen molar-refractivity contribution in [3.63, 3.8) is 0 Å². The summed E-state index contributed by atoms with van der Waals surface area (Å²) in [5.41, 5.74) is 1.58. The number of nitrogens with one attached hydrogen (secondary N) is 1. The smallest absolute Gasteiger partial charge is 0.254 e. The van der Waals surface area contributed by atoms with Crippen molar-refractivity contribution >= 4 is 5.91 Å². The van der Waals surface area contributed by atoms with Crippen molar-refractivity contribution in [2.75, 3.05) is 19.6 Å². The van der Waals surface area contributed by atoms with Crippen LogP contribution in [0.25, 0.3) is 0 Å². The standard InChI is InChI=1S/C17H24N2O2/c1-12-10-14(20)6-7-15(12)17(21)19-9-3-5-16(19)13-4-2-8-18-11-13/h6-7,10,13,16,18,20H,2-5,8-9,11H2,1H3. The predicted molar refractivity (Wildman–Crippen MR) is 82.5 cm³/mol. The molecule has 0 saturated carbocycles. The van der Waals surface area contributed by atoms with Gasteiger partial charge >= 0.3 is 0 Å². The van der Waals surface area contributed by atoms with Gasteiger partial charge in [-0.1, -0.05) is 0 Å². The summed E-state index contributed by atoms with van der Waals surface area (Å²) in [5.74, 6) is 0.932. The highest BCUT2D eigenvalue weighted by Crippen LogP contribution is 2.30. The topological polar surface area (TPSA) is 52.6 Å². The van der Waals surface area contributed by atoms with Crippen LogP contribution < -0.4 is 5.32 Å². The van der Waals surface area contributed by atoms with Gasteiger partial charge in [0.1, 0.15) is 5.75 Å². The second kappa shape index (κ2) is 6.06. The van der Waals surface area contributed by atoms with E-state index in [2.05, 4.69) is 10.2 Å². The van der Waals surface area contributed by atoms with E-state index in [0.29, 0.717) is 12.0 Å².